The van der Waals surface area contributed by atoms with Gasteiger partial charge in [-0.05, 0) is 49.5 Å². The Hall–Kier alpha value is -3.93. The highest BCUT2D eigenvalue weighted by atomic mass is 16.5. The van der Waals surface area contributed by atoms with Crippen molar-refractivity contribution in [2.45, 2.75) is 12.6 Å². The van der Waals surface area contributed by atoms with Crippen molar-refractivity contribution >= 4 is 11.4 Å². The van der Waals surface area contributed by atoms with E-state index in [-0.39, 0.29) is 6.10 Å². The van der Waals surface area contributed by atoms with Crippen molar-refractivity contribution in [2.75, 3.05) is 45.2 Å². The molecule has 0 aliphatic carbocycles. The Kier molecular flexibility index (Phi) is 5.36. The Labute approximate surface area is 204 Å². The van der Waals surface area contributed by atoms with Gasteiger partial charge in [0.05, 0.1) is 30.7 Å². The third-order valence-electron chi connectivity index (χ3n) is 6.74. The zero-order chi connectivity index (χ0) is 23.9. The molecule has 1 saturated heterocycles. The van der Waals surface area contributed by atoms with Crippen LogP contribution in [0.4, 0.5) is 11.4 Å². The van der Waals surface area contributed by atoms with Gasteiger partial charge in [-0.25, -0.2) is 4.85 Å². The summed E-state index contributed by atoms with van der Waals surface area (Å²) in [6, 6.07) is 16.6. The topological polar surface area (TPSA) is 55.7 Å². The number of aromatic nitrogens is 4. The molecular weight excluding hydrogens is 438 g/mol. The van der Waals surface area contributed by atoms with Gasteiger partial charge in [-0.1, -0.05) is 24.3 Å². The summed E-state index contributed by atoms with van der Waals surface area (Å²) in [7, 11) is 4.17. The maximum absolute atomic E-state index is 7.20. The fraction of sp³-hybridized carbons (Fsp3) is 0.296. The Bertz CT molecular complexity index is 1410. The van der Waals surface area contributed by atoms with Gasteiger partial charge < -0.3 is 19.1 Å². The van der Waals surface area contributed by atoms with Crippen LogP contribution in [0.2, 0.25) is 0 Å². The smallest absolute Gasteiger partial charge is 0.187 e. The van der Waals surface area contributed by atoms with Gasteiger partial charge >= 0.3 is 0 Å². The number of rotatable bonds is 4. The van der Waals surface area contributed by atoms with E-state index in [1.807, 2.05) is 24.3 Å². The lowest BCUT2D eigenvalue weighted by Crippen LogP contribution is -2.46. The highest BCUT2D eigenvalue weighted by Crippen LogP contribution is 2.35. The quantitative estimate of drug-likeness (QED) is 0.375. The lowest BCUT2D eigenvalue weighted by Gasteiger charge is -2.36. The molecule has 2 aliphatic rings. The van der Waals surface area contributed by atoms with Crippen LogP contribution in [0.5, 0.6) is 0 Å². The summed E-state index contributed by atoms with van der Waals surface area (Å²) in [5, 5.41) is 8.69. The Morgan fingerprint density at radius 3 is 2.77 bits per heavy atom. The van der Waals surface area contributed by atoms with Crippen LogP contribution in [0.1, 0.15) is 5.56 Å². The monoisotopic (exact) mass is 465 g/mol. The van der Waals surface area contributed by atoms with Gasteiger partial charge in [0, 0.05) is 43.6 Å². The molecular formula is C27H27N7O. The van der Waals surface area contributed by atoms with Crippen LogP contribution in [-0.2, 0) is 11.3 Å². The van der Waals surface area contributed by atoms with Crippen molar-refractivity contribution < 1.29 is 4.74 Å². The van der Waals surface area contributed by atoms with E-state index in [1.54, 1.807) is 6.33 Å². The first kappa shape index (κ1) is 21.6. The zero-order valence-electron chi connectivity index (χ0n) is 19.9. The van der Waals surface area contributed by atoms with Crippen molar-refractivity contribution in [3.63, 3.8) is 0 Å². The van der Waals surface area contributed by atoms with Gasteiger partial charge in [0.2, 0.25) is 0 Å². The van der Waals surface area contributed by atoms with Gasteiger partial charge in [0.15, 0.2) is 11.5 Å². The summed E-state index contributed by atoms with van der Waals surface area (Å²) >= 11 is 0. The standard InChI is InChI=1S/C27H27N7O/c1-28-22-6-4-19(5-7-22)20-13-26-27-30-29-18-34(27)25-9-8-23(12-21(25)15-33(26)14-20)32-10-11-35-24(17-32)16-31(2)3/h4-9,12-14,18,24H,10-11,15-17H2,2-3H3. The SMILES string of the molecule is [C-]#[N+]c1ccc(-c2cc3n(c2)Cc2cc(N4CCOC(CN(C)C)C4)ccc2-n2cnnc2-3)cc1. The Morgan fingerprint density at radius 1 is 1.11 bits per heavy atom. The molecule has 8 heteroatoms. The molecule has 1 atom stereocenters. The molecule has 0 spiro atoms. The molecule has 4 heterocycles. The molecule has 4 aromatic rings. The van der Waals surface area contributed by atoms with E-state index in [0.717, 1.165) is 61.1 Å². The molecule has 176 valence electrons. The van der Waals surface area contributed by atoms with E-state index < -0.39 is 0 Å². The lowest BCUT2D eigenvalue weighted by atomic mass is 10.1. The summed E-state index contributed by atoms with van der Waals surface area (Å²) in [4.78, 5) is 8.11. The zero-order valence-corrected chi connectivity index (χ0v) is 19.9. The molecule has 8 nitrogen and oxygen atoms in total. The second-order valence-corrected chi connectivity index (χ2v) is 9.44. The van der Waals surface area contributed by atoms with Gasteiger partial charge in [0.25, 0.3) is 0 Å². The van der Waals surface area contributed by atoms with Crippen molar-refractivity contribution in [3.8, 4) is 28.3 Å². The summed E-state index contributed by atoms with van der Waals surface area (Å²) in [6.07, 6.45) is 4.17. The number of hydrogen-bond donors (Lipinski definition) is 0. The third-order valence-corrected chi connectivity index (χ3v) is 6.74. The number of benzene rings is 2. The first-order valence-electron chi connectivity index (χ1n) is 11.8. The molecule has 0 bridgehead atoms. The van der Waals surface area contributed by atoms with Gasteiger partial charge in [0.1, 0.15) is 6.33 Å². The Balaban J connectivity index is 1.36. The first-order chi connectivity index (χ1) is 17.1. The summed E-state index contributed by atoms with van der Waals surface area (Å²) < 4.78 is 10.3. The number of fused-ring (bicyclic) bond motifs is 5. The van der Waals surface area contributed by atoms with E-state index in [1.165, 1.54) is 11.3 Å². The number of likely N-dealkylation sites (N-methyl/N-ethyl adjacent to an activating group) is 1. The molecule has 0 amide bonds. The number of ether oxygens (including phenoxy) is 1. The first-order valence-corrected chi connectivity index (χ1v) is 11.8. The van der Waals surface area contributed by atoms with Crippen molar-refractivity contribution in [2.24, 2.45) is 0 Å². The highest BCUT2D eigenvalue weighted by Gasteiger charge is 2.25. The minimum absolute atomic E-state index is 0.204. The van der Waals surface area contributed by atoms with Crippen LogP contribution in [-0.4, -0.2) is 70.7 Å². The van der Waals surface area contributed by atoms with Crippen molar-refractivity contribution in [1.82, 2.24) is 24.2 Å². The van der Waals surface area contributed by atoms with E-state index in [2.05, 4.69) is 78.5 Å². The van der Waals surface area contributed by atoms with Crippen LogP contribution in [0, 0.1) is 6.57 Å². The molecule has 0 radical (unpaired) electrons. The molecule has 0 saturated carbocycles. The lowest BCUT2D eigenvalue weighted by molar-refractivity contribution is 0.0248. The van der Waals surface area contributed by atoms with E-state index in [4.69, 9.17) is 11.3 Å². The molecule has 35 heavy (non-hydrogen) atoms. The van der Waals surface area contributed by atoms with Gasteiger partial charge in [-0.15, -0.1) is 10.2 Å². The van der Waals surface area contributed by atoms with Crippen LogP contribution in [0.25, 0.3) is 33.2 Å². The molecule has 2 aromatic heterocycles. The van der Waals surface area contributed by atoms with Gasteiger partial charge in [-0.2, -0.15) is 0 Å². The Morgan fingerprint density at radius 2 is 1.97 bits per heavy atom. The average Bonchev–Trinajstić information content (AvgIpc) is 3.49. The molecule has 2 aliphatic heterocycles. The largest absolute Gasteiger partial charge is 0.373 e. The predicted octanol–water partition coefficient (Wildman–Crippen LogP) is 4.08. The molecule has 0 N–H and O–H groups in total. The van der Waals surface area contributed by atoms with E-state index in [0.29, 0.717) is 5.69 Å². The third kappa shape index (κ3) is 3.99. The second-order valence-electron chi connectivity index (χ2n) is 9.44. The molecule has 2 aromatic carbocycles. The van der Waals surface area contributed by atoms with Crippen LogP contribution >= 0.6 is 0 Å². The number of hydrogen-bond acceptors (Lipinski definition) is 5. The molecule has 6 rings (SSSR count). The summed E-state index contributed by atoms with van der Waals surface area (Å²) in [6.45, 7) is 11.4. The van der Waals surface area contributed by atoms with Crippen LogP contribution < -0.4 is 4.90 Å². The van der Waals surface area contributed by atoms with Crippen LogP contribution in [0.3, 0.4) is 0 Å². The second kappa shape index (κ2) is 8.69. The number of nitrogens with zero attached hydrogens (tertiary/aromatic N) is 7. The van der Waals surface area contributed by atoms with E-state index in [9.17, 15) is 0 Å². The van der Waals surface area contributed by atoms with Crippen molar-refractivity contribution in [3.05, 3.63) is 78.0 Å². The average molecular weight is 466 g/mol. The summed E-state index contributed by atoms with van der Waals surface area (Å²) in [5.74, 6) is 0.831. The fourth-order valence-corrected chi connectivity index (χ4v) is 5.09. The normalized spacial score (nSPS) is 16.9. The predicted molar refractivity (Wildman–Crippen MR) is 136 cm³/mol. The van der Waals surface area contributed by atoms with Gasteiger partial charge in [-0.3, -0.25) is 4.57 Å². The number of anilines is 1. The molecule has 1 unspecified atom stereocenters. The van der Waals surface area contributed by atoms with Crippen molar-refractivity contribution in [1.29, 1.82) is 0 Å². The maximum Gasteiger partial charge on any atom is 0.187 e. The maximum atomic E-state index is 7.20. The van der Waals surface area contributed by atoms with Crippen LogP contribution in [0.15, 0.2) is 61.1 Å². The minimum atomic E-state index is 0.204. The minimum Gasteiger partial charge on any atom is -0.373 e. The van der Waals surface area contributed by atoms with E-state index >= 15 is 0 Å². The highest BCUT2D eigenvalue weighted by molar-refractivity contribution is 5.73. The molecule has 1 fully saturated rings. The summed E-state index contributed by atoms with van der Waals surface area (Å²) in [5.41, 5.74) is 7.41. The number of morpholine rings is 1. The fourth-order valence-electron chi connectivity index (χ4n) is 5.09.